The molecule has 5 nitrogen and oxygen atoms in total. The molecule has 1 aliphatic carbocycles. The summed E-state index contributed by atoms with van der Waals surface area (Å²) in [5.74, 6) is -1.51. The predicted molar refractivity (Wildman–Crippen MR) is 74.8 cm³/mol. The number of hydrogen-bond acceptors (Lipinski definition) is 3. The number of nitrogens with one attached hydrogen (secondary N) is 2. The van der Waals surface area contributed by atoms with Crippen LogP contribution in [0, 0.1) is 5.92 Å². The third-order valence-electron chi connectivity index (χ3n) is 3.80. The van der Waals surface area contributed by atoms with Crippen molar-refractivity contribution in [2.45, 2.75) is 18.9 Å². The highest BCUT2D eigenvalue weighted by Crippen LogP contribution is 2.24. The normalized spacial score (nSPS) is 23.2. The van der Waals surface area contributed by atoms with Crippen LogP contribution in [-0.2, 0) is 11.2 Å². The van der Waals surface area contributed by atoms with Crippen LogP contribution in [0.4, 0.5) is 5.69 Å². The Labute approximate surface area is 116 Å². The number of carboxylic acids is 1. The van der Waals surface area contributed by atoms with Crippen LogP contribution in [0.15, 0.2) is 30.4 Å². The molecule has 0 spiro atoms. The molecule has 2 aliphatic rings. The van der Waals surface area contributed by atoms with Gasteiger partial charge in [-0.2, -0.15) is 0 Å². The minimum Gasteiger partial charge on any atom is -0.481 e. The van der Waals surface area contributed by atoms with Crippen LogP contribution in [-0.4, -0.2) is 29.6 Å². The Bertz CT molecular complexity index is 595. The molecular weight excluding hydrogens is 256 g/mol. The molecular formula is C15H16N2O3. The second-order valence-corrected chi connectivity index (χ2v) is 5.19. The molecule has 0 fully saturated rings. The summed E-state index contributed by atoms with van der Waals surface area (Å²) in [5.41, 5.74) is 2.85. The Hall–Kier alpha value is -2.30. The Morgan fingerprint density at radius 3 is 2.90 bits per heavy atom. The molecule has 2 unspecified atom stereocenters. The summed E-state index contributed by atoms with van der Waals surface area (Å²) >= 11 is 0. The van der Waals surface area contributed by atoms with Crippen molar-refractivity contribution in [3.8, 4) is 0 Å². The van der Waals surface area contributed by atoms with Gasteiger partial charge < -0.3 is 15.7 Å². The lowest BCUT2D eigenvalue weighted by Crippen LogP contribution is -2.33. The van der Waals surface area contributed by atoms with Crippen LogP contribution >= 0.6 is 0 Å². The number of amides is 1. The summed E-state index contributed by atoms with van der Waals surface area (Å²) in [6, 6.07) is 5.43. The molecule has 1 amide bonds. The number of carbonyl (C=O) groups excluding carboxylic acids is 1. The van der Waals surface area contributed by atoms with E-state index in [0.29, 0.717) is 12.0 Å². The van der Waals surface area contributed by atoms with E-state index in [9.17, 15) is 9.59 Å². The molecule has 0 aromatic heterocycles. The van der Waals surface area contributed by atoms with E-state index in [0.717, 1.165) is 18.7 Å². The number of rotatable bonds is 3. The summed E-state index contributed by atoms with van der Waals surface area (Å²) < 4.78 is 0. The average Bonchev–Trinajstić information content (AvgIpc) is 3.05. The molecule has 1 aliphatic heterocycles. The molecule has 0 bridgehead atoms. The quantitative estimate of drug-likeness (QED) is 0.727. The van der Waals surface area contributed by atoms with Gasteiger partial charge in [-0.15, -0.1) is 0 Å². The highest BCUT2D eigenvalue weighted by Gasteiger charge is 2.25. The van der Waals surface area contributed by atoms with E-state index in [1.807, 2.05) is 18.2 Å². The Morgan fingerprint density at radius 1 is 1.30 bits per heavy atom. The van der Waals surface area contributed by atoms with Gasteiger partial charge in [0.25, 0.3) is 5.91 Å². The molecule has 1 aromatic rings. The van der Waals surface area contributed by atoms with Gasteiger partial charge in [-0.3, -0.25) is 9.59 Å². The molecule has 3 N–H and O–H groups in total. The topological polar surface area (TPSA) is 78.4 Å². The third kappa shape index (κ3) is 2.39. The zero-order chi connectivity index (χ0) is 14.1. The van der Waals surface area contributed by atoms with Crippen molar-refractivity contribution in [1.29, 1.82) is 0 Å². The van der Waals surface area contributed by atoms with Gasteiger partial charge in [0.1, 0.15) is 0 Å². The Kier molecular flexibility index (Phi) is 3.18. The second-order valence-electron chi connectivity index (χ2n) is 5.19. The first-order valence-electron chi connectivity index (χ1n) is 6.72. The lowest BCUT2D eigenvalue weighted by atomic mass is 10.1. The van der Waals surface area contributed by atoms with Crippen molar-refractivity contribution in [2.24, 2.45) is 5.92 Å². The average molecular weight is 272 g/mol. The largest absolute Gasteiger partial charge is 0.481 e. The van der Waals surface area contributed by atoms with Crippen LogP contribution in [0.1, 0.15) is 22.3 Å². The number of carboxylic acid groups (broad SMARTS) is 1. The van der Waals surface area contributed by atoms with Crippen molar-refractivity contribution in [3.63, 3.8) is 0 Å². The van der Waals surface area contributed by atoms with Crippen molar-refractivity contribution in [1.82, 2.24) is 5.32 Å². The predicted octanol–water partition coefficient (Wildman–Crippen LogP) is 1.41. The molecule has 0 saturated heterocycles. The number of carbonyl (C=O) groups is 2. The maximum Gasteiger partial charge on any atom is 0.310 e. The summed E-state index contributed by atoms with van der Waals surface area (Å²) in [6.45, 7) is 0.909. The summed E-state index contributed by atoms with van der Waals surface area (Å²) in [7, 11) is 0. The first-order valence-corrected chi connectivity index (χ1v) is 6.72. The van der Waals surface area contributed by atoms with Gasteiger partial charge in [-0.05, 0) is 30.5 Å². The van der Waals surface area contributed by atoms with Crippen molar-refractivity contribution >= 4 is 17.6 Å². The monoisotopic (exact) mass is 272 g/mol. The number of anilines is 1. The van der Waals surface area contributed by atoms with E-state index in [-0.39, 0.29) is 11.9 Å². The fourth-order valence-corrected chi connectivity index (χ4v) is 2.67. The van der Waals surface area contributed by atoms with E-state index < -0.39 is 11.9 Å². The molecule has 0 saturated carbocycles. The molecule has 5 heteroatoms. The number of aliphatic carboxylic acids is 1. The lowest BCUT2D eigenvalue weighted by molar-refractivity contribution is -0.140. The SMILES string of the molecule is O=C(NC1C=CC(C(=O)O)C1)c1ccc2c(c1)NCC2. The van der Waals surface area contributed by atoms with E-state index in [1.54, 1.807) is 12.2 Å². The first kappa shape index (κ1) is 12.7. The van der Waals surface area contributed by atoms with Crippen LogP contribution in [0.25, 0.3) is 0 Å². The standard InChI is InChI=1S/C15H16N2O3/c18-14(17-12-4-3-11(7-12)15(19)20)10-2-1-9-5-6-16-13(9)8-10/h1-4,8,11-12,16H,5-7H2,(H,17,18)(H,19,20). The van der Waals surface area contributed by atoms with Crippen LogP contribution in [0.3, 0.4) is 0 Å². The number of hydrogen-bond donors (Lipinski definition) is 3. The summed E-state index contributed by atoms with van der Waals surface area (Å²) in [5, 5.41) is 15.0. The molecule has 3 rings (SSSR count). The minimum absolute atomic E-state index is 0.165. The lowest BCUT2D eigenvalue weighted by Gasteiger charge is -2.12. The maximum atomic E-state index is 12.2. The van der Waals surface area contributed by atoms with E-state index in [4.69, 9.17) is 5.11 Å². The minimum atomic E-state index is -0.847. The van der Waals surface area contributed by atoms with Crippen LogP contribution in [0.5, 0.6) is 0 Å². The number of fused-ring (bicyclic) bond motifs is 1. The summed E-state index contributed by atoms with van der Waals surface area (Å²) in [6.07, 6.45) is 4.80. The van der Waals surface area contributed by atoms with Gasteiger partial charge in [0.05, 0.1) is 5.92 Å². The van der Waals surface area contributed by atoms with E-state index in [2.05, 4.69) is 10.6 Å². The molecule has 20 heavy (non-hydrogen) atoms. The highest BCUT2D eigenvalue weighted by atomic mass is 16.4. The van der Waals surface area contributed by atoms with Gasteiger partial charge >= 0.3 is 5.97 Å². The molecule has 104 valence electrons. The fraction of sp³-hybridized carbons (Fsp3) is 0.333. The molecule has 1 heterocycles. The Balaban J connectivity index is 1.66. The van der Waals surface area contributed by atoms with Gasteiger partial charge in [0, 0.05) is 23.8 Å². The van der Waals surface area contributed by atoms with Gasteiger partial charge in [-0.25, -0.2) is 0 Å². The smallest absolute Gasteiger partial charge is 0.310 e. The van der Waals surface area contributed by atoms with Gasteiger partial charge in [0.15, 0.2) is 0 Å². The van der Waals surface area contributed by atoms with E-state index >= 15 is 0 Å². The number of benzene rings is 1. The zero-order valence-corrected chi connectivity index (χ0v) is 10.9. The van der Waals surface area contributed by atoms with Crippen LogP contribution < -0.4 is 10.6 Å². The maximum absolute atomic E-state index is 12.2. The molecule has 1 aromatic carbocycles. The highest BCUT2D eigenvalue weighted by molar-refractivity contribution is 5.96. The summed E-state index contributed by atoms with van der Waals surface area (Å²) in [4.78, 5) is 23.0. The van der Waals surface area contributed by atoms with Gasteiger partial charge in [-0.1, -0.05) is 18.2 Å². The van der Waals surface area contributed by atoms with Gasteiger partial charge in [0.2, 0.25) is 0 Å². The van der Waals surface area contributed by atoms with Crippen molar-refractivity contribution < 1.29 is 14.7 Å². The third-order valence-corrected chi connectivity index (χ3v) is 3.80. The van der Waals surface area contributed by atoms with Crippen molar-refractivity contribution in [2.75, 3.05) is 11.9 Å². The van der Waals surface area contributed by atoms with E-state index in [1.165, 1.54) is 5.56 Å². The molecule has 0 radical (unpaired) electrons. The van der Waals surface area contributed by atoms with Crippen LogP contribution in [0.2, 0.25) is 0 Å². The van der Waals surface area contributed by atoms with Crippen molar-refractivity contribution in [3.05, 3.63) is 41.5 Å². The fourth-order valence-electron chi connectivity index (χ4n) is 2.67. The molecule has 2 atom stereocenters. The zero-order valence-electron chi connectivity index (χ0n) is 10.9. The first-order chi connectivity index (χ1) is 9.63. The Morgan fingerprint density at radius 2 is 2.15 bits per heavy atom. The second kappa shape index (κ2) is 5.00.